The number of sulfonamides is 1. The first kappa shape index (κ1) is 24.9. The van der Waals surface area contributed by atoms with E-state index in [0.29, 0.717) is 21.6 Å². The molecule has 8 nitrogen and oxygen atoms in total. The molecule has 2 aliphatic rings. The Balaban J connectivity index is 1.57. The van der Waals surface area contributed by atoms with Gasteiger partial charge in [0, 0.05) is 24.7 Å². The van der Waals surface area contributed by atoms with Gasteiger partial charge in [-0.25, -0.2) is 17.5 Å². The van der Waals surface area contributed by atoms with E-state index in [1.165, 1.54) is 42.8 Å². The molecule has 36 heavy (non-hydrogen) atoms. The zero-order valence-corrected chi connectivity index (χ0v) is 22.5. The molecular formula is C25H23FIN3O5S. The van der Waals surface area contributed by atoms with E-state index in [1.807, 2.05) is 6.08 Å². The molecule has 0 radical (unpaired) electrons. The highest BCUT2D eigenvalue weighted by molar-refractivity contribution is 14.1. The quantitative estimate of drug-likeness (QED) is 0.317. The molecular weight excluding hydrogens is 600 g/mol. The number of hydrogen-bond acceptors (Lipinski definition) is 6. The number of carbonyl (C=O) groups is 1. The van der Waals surface area contributed by atoms with Crippen LogP contribution >= 0.6 is 22.6 Å². The van der Waals surface area contributed by atoms with E-state index in [9.17, 15) is 17.6 Å². The number of carbonyl (C=O) groups excluding carboxylic acids is 1. The Morgan fingerprint density at radius 3 is 2.61 bits per heavy atom. The van der Waals surface area contributed by atoms with Crippen LogP contribution in [0.1, 0.15) is 17.7 Å². The number of rotatable bonds is 5. The van der Waals surface area contributed by atoms with Crippen LogP contribution in [0.4, 0.5) is 4.39 Å². The van der Waals surface area contributed by atoms with Crippen LogP contribution in [0.2, 0.25) is 0 Å². The number of hydrogen-bond donors (Lipinski definition) is 0. The fourth-order valence-corrected chi connectivity index (χ4v) is 7.14. The van der Waals surface area contributed by atoms with Gasteiger partial charge < -0.3 is 9.47 Å². The number of esters is 1. The minimum Gasteiger partial charge on any atom is -0.497 e. The molecule has 0 spiro atoms. The molecule has 1 saturated heterocycles. The number of methoxy groups -OCH3 is 2. The normalized spacial score (nSPS) is 19.7. The zero-order chi connectivity index (χ0) is 25.7. The molecule has 1 aliphatic carbocycles. The van der Waals surface area contributed by atoms with Crippen molar-refractivity contribution in [3.8, 4) is 11.4 Å². The highest BCUT2D eigenvalue weighted by atomic mass is 127. The summed E-state index contributed by atoms with van der Waals surface area (Å²) in [6, 6.07) is 12.3. The molecule has 1 fully saturated rings. The monoisotopic (exact) mass is 623 g/mol. The minimum absolute atomic E-state index is 0.0533. The second-order valence-corrected chi connectivity index (χ2v) is 11.7. The molecule has 1 unspecified atom stereocenters. The van der Waals surface area contributed by atoms with E-state index in [2.05, 4.69) is 27.7 Å². The van der Waals surface area contributed by atoms with Gasteiger partial charge in [0.15, 0.2) is 0 Å². The first-order valence-electron chi connectivity index (χ1n) is 11.2. The lowest BCUT2D eigenvalue weighted by Crippen LogP contribution is -2.53. The number of aromatic nitrogens is 2. The van der Waals surface area contributed by atoms with Crippen LogP contribution in [-0.2, 0) is 26.0 Å². The smallest absolute Gasteiger partial charge is 0.317 e. The van der Waals surface area contributed by atoms with Crippen molar-refractivity contribution >= 4 is 44.7 Å². The second-order valence-electron chi connectivity index (χ2n) is 8.73. The van der Waals surface area contributed by atoms with Gasteiger partial charge in [0.2, 0.25) is 10.0 Å². The standard InChI is InChI=1S/C25H23FIN3O5S/c1-34-19-4-3-5-20(13-19)36(32,33)29-11-10-16-12-22-21(14-25(16,15-29)24(31)35-2)23(27)28-30(22)18-8-6-17(26)7-9-18/h3-9,12-13H,10-11,14-15H2,1-2H3. The number of halogens is 2. The SMILES string of the molecule is COC(=O)C12Cc3c(I)nn(-c4ccc(F)cc4)c3C=C1CCN(S(=O)(=O)c1cccc(OC)c1)C2. The van der Waals surface area contributed by atoms with Crippen LogP contribution in [0.3, 0.4) is 0 Å². The first-order chi connectivity index (χ1) is 17.2. The lowest BCUT2D eigenvalue weighted by atomic mass is 9.69. The van der Waals surface area contributed by atoms with E-state index in [1.54, 1.807) is 28.9 Å². The third-order valence-corrected chi connectivity index (χ3v) is 9.49. The van der Waals surface area contributed by atoms with Crippen LogP contribution in [0.25, 0.3) is 11.8 Å². The number of fused-ring (bicyclic) bond motifs is 2. The van der Waals surface area contributed by atoms with Crippen LogP contribution in [0, 0.1) is 14.9 Å². The van der Waals surface area contributed by atoms with Crippen LogP contribution in [0.5, 0.6) is 5.75 Å². The molecule has 1 aliphatic heterocycles. The topological polar surface area (TPSA) is 90.7 Å². The zero-order valence-electron chi connectivity index (χ0n) is 19.6. The van der Waals surface area contributed by atoms with Crippen molar-refractivity contribution in [3.05, 3.63) is 74.9 Å². The third kappa shape index (κ3) is 4.02. The molecule has 0 N–H and O–H groups in total. The second kappa shape index (κ2) is 9.27. The third-order valence-electron chi connectivity index (χ3n) is 6.78. The van der Waals surface area contributed by atoms with Crippen molar-refractivity contribution in [1.82, 2.24) is 14.1 Å². The summed E-state index contributed by atoms with van der Waals surface area (Å²) in [6.45, 7) is 0.156. The Morgan fingerprint density at radius 1 is 1.17 bits per heavy atom. The van der Waals surface area contributed by atoms with Gasteiger partial charge in [0.25, 0.3) is 0 Å². The summed E-state index contributed by atoms with van der Waals surface area (Å²) >= 11 is 2.11. The molecule has 1 aromatic heterocycles. The lowest BCUT2D eigenvalue weighted by molar-refractivity contribution is -0.151. The van der Waals surface area contributed by atoms with Crippen molar-refractivity contribution in [3.63, 3.8) is 0 Å². The van der Waals surface area contributed by atoms with Crippen LogP contribution < -0.4 is 4.74 Å². The predicted octanol–water partition coefficient (Wildman–Crippen LogP) is 3.82. The van der Waals surface area contributed by atoms with Gasteiger partial charge in [0.1, 0.15) is 20.7 Å². The summed E-state index contributed by atoms with van der Waals surface area (Å²) in [4.78, 5) is 13.4. The number of ether oxygens (including phenoxy) is 2. The molecule has 0 amide bonds. The lowest BCUT2D eigenvalue weighted by Gasteiger charge is -2.43. The van der Waals surface area contributed by atoms with E-state index < -0.39 is 21.4 Å². The summed E-state index contributed by atoms with van der Waals surface area (Å²) in [5.41, 5.74) is 1.91. The van der Waals surface area contributed by atoms with Gasteiger partial charge in [-0.05, 0) is 83.5 Å². The molecule has 188 valence electrons. The molecule has 5 rings (SSSR count). The van der Waals surface area contributed by atoms with Crippen LogP contribution in [-0.4, -0.2) is 55.8 Å². The van der Waals surface area contributed by atoms with Gasteiger partial charge in [-0.3, -0.25) is 4.79 Å². The van der Waals surface area contributed by atoms with Crippen molar-refractivity contribution in [1.29, 1.82) is 0 Å². The van der Waals surface area contributed by atoms with Gasteiger partial charge in [-0.1, -0.05) is 6.07 Å². The maximum Gasteiger partial charge on any atom is 0.317 e. The first-order valence-corrected chi connectivity index (χ1v) is 13.7. The van der Waals surface area contributed by atoms with Crippen molar-refractivity contribution in [2.24, 2.45) is 5.41 Å². The Labute approximate surface area is 221 Å². The Hall–Kier alpha value is -2.77. The summed E-state index contributed by atoms with van der Waals surface area (Å²) in [5.74, 6) is -0.404. The van der Waals surface area contributed by atoms with Crippen molar-refractivity contribution in [2.75, 3.05) is 27.3 Å². The van der Waals surface area contributed by atoms with E-state index in [4.69, 9.17) is 9.47 Å². The Morgan fingerprint density at radius 2 is 1.92 bits per heavy atom. The summed E-state index contributed by atoms with van der Waals surface area (Å²) in [5, 5.41) is 4.64. The predicted molar refractivity (Wildman–Crippen MR) is 139 cm³/mol. The highest BCUT2D eigenvalue weighted by Gasteiger charge is 2.52. The fourth-order valence-electron chi connectivity index (χ4n) is 4.92. The molecule has 0 bridgehead atoms. The Kier molecular flexibility index (Phi) is 6.41. The maximum atomic E-state index is 13.6. The van der Waals surface area contributed by atoms with E-state index in [-0.39, 0.29) is 30.2 Å². The van der Waals surface area contributed by atoms with Gasteiger partial charge in [0.05, 0.1) is 30.5 Å². The molecule has 11 heteroatoms. The van der Waals surface area contributed by atoms with E-state index in [0.717, 1.165) is 16.8 Å². The fraction of sp³-hybridized carbons (Fsp3) is 0.280. The van der Waals surface area contributed by atoms with Gasteiger partial charge in [-0.2, -0.15) is 9.40 Å². The number of nitrogens with zero attached hydrogens (tertiary/aromatic N) is 3. The average molecular weight is 623 g/mol. The molecule has 1 atom stereocenters. The summed E-state index contributed by atoms with van der Waals surface area (Å²) < 4.78 is 54.8. The van der Waals surface area contributed by atoms with Crippen LogP contribution in [0.15, 0.2) is 59.0 Å². The van der Waals surface area contributed by atoms with Crippen molar-refractivity contribution in [2.45, 2.75) is 17.7 Å². The van der Waals surface area contributed by atoms with Crippen molar-refractivity contribution < 1.29 is 27.1 Å². The summed E-state index contributed by atoms with van der Waals surface area (Å²) in [6.07, 6.45) is 2.50. The molecule has 0 saturated carbocycles. The summed E-state index contributed by atoms with van der Waals surface area (Å²) in [7, 11) is -1.11. The van der Waals surface area contributed by atoms with E-state index >= 15 is 0 Å². The maximum absolute atomic E-state index is 13.6. The molecule has 2 heterocycles. The van der Waals surface area contributed by atoms with Gasteiger partial charge in [-0.15, -0.1) is 0 Å². The molecule has 2 aromatic carbocycles. The number of benzene rings is 2. The average Bonchev–Trinajstić information content (AvgIpc) is 3.21. The largest absolute Gasteiger partial charge is 0.497 e. The Bertz CT molecular complexity index is 1490. The number of piperidine rings is 1. The highest BCUT2D eigenvalue weighted by Crippen LogP contribution is 2.47. The molecule has 3 aromatic rings. The minimum atomic E-state index is -3.89. The van der Waals surface area contributed by atoms with Gasteiger partial charge >= 0.3 is 5.97 Å².